The molecule has 0 amide bonds. The maximum absolute atomic E-state index is 11.6. The van der Waals surface area contributed by atoms with Gasteiger partial charge in [0.1, 0.15) is 11.3 Å². The molecule has 0 N–H and O–H groups in total. The number of benzene rings is 1. The molecule has 0 radical (unpaired) electrons. The Kier molecular flexibility index (Phi) is 4.43. The summed E-state index contributed by atoms with van der Waals surface area (Å²) < 4.78 is 10.1. The Balaban J connectivity index is 2.21. The average molecular weight is 263 g/mol. The summed E-state index contributed by atoms with van der Waals surface area (Å²) in [5, 5.41) is 0. The number of methoxy groups -OCH3 is 2. The van der Waals surface area contributed by atoms with Crippen LogP contribution in [0.25, 0.3) is 0 Å². The van der Waals surface area contributed by atoms with Crippen molar-refractivity contribution in [1.29, 1.82) is 0 Å². The van der Waals surface area contributed by atoms with Gasteiger partial charge in [0.25, 0.3) is 0 Å². The largest absolute Gasteiger partial charge is 0.496 e. The van der Waals surface area contributed by atoms with Gasteiger partial charge in [0, 0.05) is 0 Å². The van der Waals surface area contributed by atoms with Crippen molar-refractivity contribution in [2.45, 2.75) is 18.8 Å². The van der Waals surface area contributed by atoms with Gasteiger partial charge < -0.3 is 14.4 Å². The lowest BCUT2D eigenvalue weighted by molar-refractivity contribution is 0.0597. The molecule has 0 spiro atoms. The molecule has 1 heterocycles. The van der Waals surface area contributed by atoms with E-state index in [1.165, 1.54) is 12.7 Å². The second-order valence-electron chi connectivity index (χ2n) is 5.03. The number of esters is 1. The number of hydrogen-bond donors (Lipinski definition) is 0. The highest BCUT2D eigenvalue weighted by molar-refractivity contribution is 5.92. The van der Waals surface area contributed by atoms with Crippen molar-refractivity contribution in [2.24, 2.45) is 0 Å². The minimum atomic E-state index is -0.355. The van der Waals surface area contributed by atoms with Gasteiger partial charge in [-0.25, -0.2) is 4.79 Å². The molecule has 0 aromatic heterocycles. The number of likely N-dealkylation sites (tertiary alicyclic amines) is 1. The molecule has 1 aromatic rings. The van der Waals surface area contributed by atoms with Crippen LogP contribution in [0.4, 0.5) is 0 Å². The van der Waals surface area contributed by atoms with Gasteiger partial charge in [0.05, 0.1) is 14.2 Å². The summed E-state index contributed by atoms with van der Waals surface area (Å²) in [6, 6.07) is 5.80. The zero-order chi connectivity index (χ0) is 13.8. The van der Waals surface area contributed by atoms with E-state index in [1.54, 1.807) is 13.2 Å². The lowest BCUT2D eigenvalue weighted by Gasteiger charge is -2.29. The van der Waals surface area contributed by atoms with Crippen LogP contribution in [0.15, 0.2) is 18.2 Å². The third-order valence-corrected chi connectivity index (χ3v) is 3.82. The third-order valence-electron chi connectivity index (χ3n) is 3.82. The van der Waals surface area contributed by atoms with Crippen LogP contribution in [0, 0.1) is 0 Å². The van der Waals surface area contributed by atoms with Crippen molar-refractivity contribution in [3.05, 3.63) is 29.3 Å². The van der Waals surface area contributed by atoms with E-state index in [-0.39, 0.29) is 5.97 Å². The molecule has 0 unspecified atom stereocenters. The molecule has 0 aliphatic carbocycles. The summed E-state index contributed by atoms with van der Waals surface area (Å²) >= 11 is 0. The highest BCUT2D eigenvalue weighted by Gasteiger charge is 2.21. The van der Waals surface area contributed by atoms with Crippen LogP contribution in [0.3, 0.4) is 0 Å². The van der Waals surface area contributed by atoms with Crippen LogP contribution in [-0.2, 0) is 4.74 Å². The first-order chi connectivity index (χ1) is 9.15. The zero-order valence-corrected chi connectivity index (χ0v) is 11.8. The first-order valence-corrected chi connectivity index (χ1v) is 6.60. The molecular formula is C15H21NO3. The SMILES string of the molecule is COC(=O)c1ccc(C2CCN(C)CC2)cc1OC. The van der Waals surface area contributed by atoms with Crippen LogP contribution >= 0.6 is 0 Å². The monoisotopic (exact) mass is 263 g/mol. The molecule has 19 heavy (non-hydrogen) atoms. The Hall–Kier alpha value is -1.55. The maximum atomic E-state index is 11.6. The van der Waals surface area contributed by atoms with E-state index in [0.29, 0.717) is 17.2 Å². The van der Waals surface area contributed by atoms with E-state index in [1.807, 2.05) is 12.1 Å². The number of carbonyl (C=O) groups is 1. The summed E-state index contributed by atoms with van der Waals surface area (Å²) in [7, 11) is 5.12. The predicted molar refractivity (Wildman–Crippen MR) is 73.8 cm³/mol. The Labute approximate surface area is 114 Å². The second kappa shape index (κ2) is 6.06. The van der Waals surface area contributed by atoms with Crippen molar-refractivity contribution in [1.82, 2.24) is 4.90 Å². The molecule has 4 heteroatoms. The molecule has 0 bridgehead atoms. The second-order valence-corrected chi connectivity index (χ2v) is 5.03. The molecule has 1 fully saturated rings. The van der Waals surface area contributed by atoms with E-state index >= 15 is 0 Å². The van der Waals surface area contributed by atoms with Gasteiger partial charge in [-0.3, -0.25) is 0 Å². The molecule has 2 rings (SSSR count). The number of rotatable bonds is 3. The fourth-order valence-electron chi connectivity index (χ4n) is 2.58. The van der Waals surface area contributed by atoms with Crippen LogP contribution in [0.5, 0.6) is 5.75 Å². The highest BCUT2D eigenvalue weighted by atomic mass is 16.5. The minimum Gasteiger partial charge on any atom is -0.496 e. The van der Waals surface area contributed by atoms with Crippen LogP contribution in [0.2, 0.25) is 0 Å². The Morgan fingerprint density at radius 2 is 1.95 bits per heavy atom. The molecule has 1 aliphatic heterocycles. The van der Waals surface area contributed by atoms with Gasteiger partial charge in [-0.2, -0.15) is 0 Å². The van der Waals surface area contributed by atoms with Gasteiger partial charge in [-0.1, -0.05) is 6.07 Å². The quantitative estimate of drug-likeness (QED) is 0.784. The lowest BCUT2D eigenvalue weighted by atomic mass is 9.89. The predicted octanol–water partition coefficient (Wildman–Crippen LogP) is 2.29. The molecule has 0 saturated carbocycles. The van der Waals surface area contributed by atoms with Crippen molar-refractivity contribution in [3.63, 3.8) is 0 Å². The van der Waals surface area contributed by atoms with Gasteiger partial charge >= 0.3 is 5.97 Å². The standard InChI is InChI=1S/C15H21NO3/c1-16-8-6-11(7-9-16)12-4-5-13(15(17)19-3)14(10-12)18-2/h4-5,10-11H,6-9H2,1-3H3. The first kappa shape index (κ1) is 13.9. The molecule has 0 atom stereocenters. The lowest BCUT2D eigenvalue weighted by Crippen LogP contribution is -2.29. The van der Waals surface area contributed by atoms with Crippen molar-refractivity contribution < 1.29 is 14.3 Å². The van der Waals surface area contributed by atoms with E-state index in [2.05, 4.69) is 11.9 Å². The number of nitrogens with zero attached hydrogens (tertiary/aromatic N) is 1. The fourth-order valence-corrected chi connectivity index (χ4v) is 2.58. The molecule has 1 aliphatic rings. The third kappa shape index (κ3) is 3.07. The topological polar surface area (TPSA) is 38.8 Å². The van der Waals surface area contributed by atoms with Crippen molar-refractivity contribution >= 4 is 5.97 Å². The number of ether oxygens (including phenoxy) is 2. The van der Waals surface area contributed by atoms with Crippen LogP contribution in [0.1, 0.15) is 34.7 Å². The summed E-state index contributed by atoms with van der Waals surface area (Å²) in [6.07, 6.45) is 2.30. The fraction of sp³-hybridized carbons (Fsp3) is 0.533. The Bertz CT molecular complexity index is 451. The molecule has 1 aromatic carbocycles. The van der Waals surface area contributed by atoms with Crippen LogP contribution in [-0.4, -0.2) is 45.2 Å². The van der Waals surface area contributed by atoms with Gasteiger partial charge in [-0.05, 0) is 56.6 Å². The molecular weight excluding hydrogens is 242 g/mol. The highest BCUT2D eigenvalue weighted by Crippen LogP contribution is 2.31. The van der Waals surface area contributed by atoms with E-state index in [0.717, 1.165) is 25.9 Å². The normalized spacial score (nSPS) is 17.2. The van der Waals surface area contributed by atoms with Gasteiger partial charge in [0.2, 0.25) is 0 Å². The molecule has 4 nitrogen and oxygen atoms in total. The van der Waals surface area contributed by atoms with E-state index in [9.17, 15) is 4.79 Å². The number of hydrogen-bond acceptors (Lipinski definition) is 4. The summed E-state index contributed by atoms with van der Waals surface area (Å²) in [6.45, 7) is 2.23. The van der Waals surface area contributed by atoms with Gasteiger partial charge in [0.15, 0.2) is 0 Å². The first-order valence-electron chi connectivity index (χ1n) is 6.60. The number of carbonyl (C=O) groups excluding carboxylic acids is 1. The van der Waals surface area contributed by atoms with Crippen molar-refractivity contribution in [2.75, 3.05) is 34.4 Å². The molecule has 104 valence electrons. The summed E-state index contributed by atoms with van der Waals surface area (Å²) in [5.74, 6) is 0.798. The number of piperidine rings is 1. The Morgan fingerprint density at radius 1 is 1.26 bits per heavy atom. The summed E-state index contributed by atoms with van der Waals surface area (Å²) in [5.41, 5.74) is 1.74. The van der Waals surface area contributed by atoms with Crippen LogP contribution < -0.4 is 4.74 Å². The van der Waals surface area contributed by atoms with Gasteiger partial charge in [-0.15, -0.1) is 0 Å². The zero-order valence-electron chi connectivity index (χ0n) is 11.8. The minimum absolute atomic E-state index is 0.355. The summed E-state index contributed by atoms with van der Waals surface area (Å²) in [4.78, 5) is 14.0. The molecule has 1 saturated heterocycles. The van der Waals surface area contributed by atoms with E-state index < -0.39 is 0 Å². The van der Waals surface area contributed by atoms with Crippen molar-refractivity contribution in [3.8, 4) is 5.75 Å². The smallest absolute Gasteiger partial charge is 0.341 e. The van der Waals surface area contributed by atoms with E-state index in [4.69, 9.17) is 9.47 Å². The average Bonchev–Trinajstić information content (AvgIpc) is 2.46. The maximum Gasteiger partial charge on any atom is 0.341 e. The Morgan fingerprint density at radius 3 is 2.53 bits per heavy atom.